The van der Waals surface area contributed by atoms with Crippen LogP contribution in [0.25, 0.3) is 12.2 Å². The van der Waals surface area contributed by atoms with Crippen molar-refractivity contribution in [3.05, 3.63) is 44.7 Å². The van der Waals surface area contributed by atoms with Crippen molar-refractivity contribution >= 4 is 136 Å². The zero-order valence-electron chi connectivity index (χ0n) is 62.1. The van der Waals surface area contributed by atoms with E-state index in [2.05, 4.69) is 20.6 Å². The van der Waals surface area contributed by atoms with Crippen LogP contribution in [-0.2, 0) is 167 Å². The van der Waals surface area contributed by atoms with Gasteiger partial charge in [-0.25, -0.2) is 4.79 Å². The van der Waals surface area contributed by atoms with Gasteiger partial charge in [0.2, 0.25) is 0 Å². The molecule has 6 heterocycles. The van der Waals surface area contributed by atoms with Crippen molar-refractivity contribution in [2.75, 3.05) is 46.6 Å². The van der Waals surface area contributed by atoms with E-state index < -0.39 is 239 Å². The molecule has 0 saturated carbocycles. The number of thioether (sulfide) groups is 2. The number of carbonyl (C=O) groups excluding carboxylic acids is 15. The maximum atomic E-state index is 13.3. The van der Waals surface area contributed by atoms with Crippen molar-refractivity contribution in [1.29, 1.82) is 0 Å². The Kier molecular flexibility index (Phi) is 31.9. The van der Waals surface area contributed by atoms with E-state index in [1.54, 1.807) is 18.2 Å². The largest absolute Gasteiger partial charge is 0.465 e. The van der Waals surface area contributed by atoms with Gasteiger partial charge in [-0.2, -0.15) is 0 Å². The Hall–Kier alpha value is -9.85. The van der Waals surface area contributed by atoms with Crippen LogP contribution in [0.4, 0.5) is 0 Å². The fourth-order valence-electron chi connectivity index (χ4n) is 11.9. The Balaban J connectivity index is 1.16. The molecular weight excluding hydrogens is 1510 g/mol. The van der Waals surface area contributed by atoms with Crippen LogP contribution in [0.5, 0.6) is 0 Å². The molecule has 0 amide bonds. The number of methoxy groups -OCH3 is 1. The molecule has 20 atom stereocenters. The molecule has 40 nitrogen and oxygen atoms in total. The van der Waals surface area contributed by atoms with E-state index in [1.807, 2.05) is 0 Å². The summed E-state index contributed by atoms with van der Waals surface area (Å²) < 4.78 is 121. The van der Waals surface area contributed by atoms with Gasteiger partial charge in [-0.3, -0.25) is 77.1 Å². The minimum atomic E-state index is -1.93. The molecule has 1 aromatic rings. The van der Waals surface area contributed by atoms with Crippen LogP contribution in [-0.4, -0.2) is 269 Å². The fourth-order valence-corrected chi connectivity index (χ4v) is 13.7. The average molecular weight is 1600 g/mol. The molecule has 1 aromatic carbocycles. The third-order valence-corrected chi connectivity index (χ3v) is 17.6. The zero-order chi connectivity index (χ0) is 81.1. The molecule has 4 fully saturated rings. The number of aliphatic imine (C=N–C) groups is 2. The summed E-state index contributed by atoms with van der Waals surface area (Å²) in [5.41, 5.74) is 0.953. The number of rotatable bonds is 27. The molecule has 0 radical (unpaired) electrons. The topological polar surface area (TPSA) is 499 Å². The van der Waals surface area contributed by atoms with Gasteiger partial charge in [0, 0.05) is 107 Å². The summed E-state index contributed by atoms with van der Waals surface area (Å²) >= 11 is 2.10. The molecule has 0 bridgehead atoms. The summed E-state index contributed by atoms with van der Waals surface area (Å²) in [6.45, 7) is 11.7. The lowest BCUT2D eigenvalue weighted by atomic mass is 9.95. The second-order valence-corrected chi connectivity index (χ2v) is 27.0. The van der Waals surface area contributed by atoms with Crippen molar-refractivity contribution in [3.63, 3.8) is 0 Å². The molecule has 0 spiro atoms. The van der Waals surface area contributed by atoms with Gasteiger partial charge in [0.05, 0.1) is 25.8 Å². The molecule has 0 aromatic heterocycles. The normalized spacial score (nSPS) is 29.7. The second kappa shape index (κ2) is 40.2. The van der Waals surface area contributed by atoms with E-state index in [9.17, 15) is 71.9 Å². The molecule has 110 heavy (non-hydrogen) atoms. The van der Waals surface area contributed by atoms with Crippen LogP contribution in [0.15, 0.2) is 38.0 Å². The number of hydrogen-bond donors (Lipinski definition) is 2. The van der Waals surface area contributed by atoms with Gasteiger partial charge >= 0.3 is 89.5 Å². The monoisotopic (exact) mass is 1600 g/mol. The third kappa shape index (κ3) is 25.6. The first-order valence-electron chi connectivity index (χ1n) is 33.7. The number of esters is 15. The number of hydrogen-bond acceptors (Lipinski definition) is 42. The molecule has 6 aliphatic rings. The van der Waals surface area contributed by atoms with Crippen LogP contribution in [0, 0.1) is 0 Å². The van der Waals surface area contributed by atoms with Gasteiger partial charge < -0.3 is 110 Å². The van der Waals surface area contributed by atoms with Crippen LogP contribution in [0.1, 0.15) is 118 Å². The molecule has 0 aliphatic carbocycles. The maximum Gasteiger partial charge on any atom is 0.337 e. The highest BCUT2D eigenvalue weighted by molar-refractivity contribution is 8.17. The van der Waals surface area contributed by atoms with Crippen molar-refractivity contribution < 1.29 is 171 Å². The molecule has 0 unspecified atom stereocenters. The number of carbonyl (C=O) groups is 15. The molecule has 4 saturated heterocycles. The molecule has 42 heteroatoms. The predicted molar refractivity (Wildman–Crippen MR) is 366 cm³/mol. The molecule has 2 N–H and O–H groups in total. The van der Waals surface area contributed by atoms with Gasteiger partial charge in [-0.1, -0.05) is 23.5 Å². The van der Waals surface area contributed by atoms with Gasteiger partial charge in [0.25, 0.3) is 0 Å². The van der Waals surface area contributed by atoms with Crippen LogP contribution in [0.2, 0.25) is 0 Å². The van der Waals surface area contributed by atoms with E-state index in [-0.39, 0.29) is 29.0 Å². The number of ether oxygens (including phenoxy) is 21. The SMILES string of the molecule is COC(=O)c1cc(/C=C2/CN=C(N[C@@H]3O[C@H](COC(C)=O)[C@@H](O[C@@H]4O[C@H](COC(C)=O)[C@H](OC(C)=O)[C@H](OC(C)=O)[C@H]4OC(C)=O)[C@H](OC(C)=O)[C@H]3OC(C)=O)S2)cc(/C=C2/CN=C(N[C@@H]3O[C@H](COC(C)=O)[C@@H](O[C@@H]4O[C@H](COC(C)=O)[C@H](OC(C)=O)[C@H](OC(C)=O)[C@H]4OC(C)=O)[C@H](OC(C)=O)[C@H]3OC(C)=O)S2)c1. The summed E-state index contributed by atoms with van der Waals surface area (Å²) in [4.78, 5) is 201. The molecule has 6 aliphatic heterocycles. The Morgan fingerprint density at radius 3 is 0.900 bits per heavy atom. The van der Waals surface area contributed by atoms with Crippen LogP contribution >= 0.6 is 23.5 Å². The van der Waals surface area contributed by atoms with E-state index >= 15 is 0 Å². The molecule has 604 valence electrons. The van der Waals surface area contributed by atoms with Crippen molar-refractivity contribution in [2.24, 2.45) is 9.98 Å². The first kappa shape index (κ1) is 87.4. The lowest BCUT2D eigenvalue weighted by molar-refractivity contribution is -0.345. The third-order valence-electron chi connectivity index (χ3n) is 15.7. The fraction of sp³-hybridized carbons (Fsp3) is 0.603. The van der Waals surface area contributed by atoms with Gasteiger partial charge in [0.15, 0.2) is 96.4 Å². The van der Waals surface area contributed by atoms with Crippen molar-refractivity contribution in [2.45, 2.75) is 220 Å². The zero-order valence-corrected chi connectivity index (χ0v) is 63.7. The van der Waals surface area contributed by atoms with E-state index in [0.717, 1.165) is 120 Å². The Morgan fingerprint density at radius 1 is 0.355 bits per heavy atom. The Labute approximate surface area is 636 Å². The van der Waals surface area contributed by atoms with E-state index in [0.29, 0.717) is 20.9 Å². The Bertz CT molecular complexity index is 3560. The number of nitrogens with zero attached hydrogens (tertiary/aromatic N) is 2. The van der Waals surface area contributed by atoms with Crippen molar-refractivity contribution in [3.8, 4) is 0 Å². The summed E-state index contributed by atoms with van der Waals surface area (Å²) in [6, 6.07) is 4.77. The van der Waals surface area contributed by atoms with Gasteiger partial charge in [0.1, 0.15) is 63.1 Å². The number of amidine groups is 2. The van der Waals surface area contributed by atoms with E-state index in [1.165, 1.54) is 19.2 Å². The van der Waals surface area contributed by atoms with Crippen LogP contribution in [0.3, 0.4) is 0 Å². The summed E-state index contributed by atoms with van der Waals surface area (Å²) in [5, 5.41) is 6.35. The minimum Gasteiger partial charge on any atom is -0.465 e. The van der Waals surface area contributed by atoms with Crippen molar-refractivity contribution in [1.82, 2.24) is 10.6 Å². The van der Waals surface area contributed by atoms with E-state index in [4.69, 9.17) is 99.5 Å². The van der Waals surface area contributed by atoms with Crippen LogP contribution < -0.4 is 10.6 Å². The first-order valence-corrected chi connectivity index (χ1v) is 35.3. The minimum absolute atomic E-state index is 0.0190. The standard InChI is InChI=1S/C68H84N4O36S2/c1-27(73)89-23-46-52(107-65-60(101-39(13)85)56(97-35(9)81)50(93-31(5)77)48(105-65)25-91-29(3)75)54(95-33(7)79)58(99-37(11)83)62(103-46)71-67-69-21-44(109-67)19-41-16-42(18-43(17-41)64(87)88-15)20-45-22-70-68(110-45)72-63-59(100-38(12)84)55(96-34(8)80)53(47(104-63)24-90-28(2)74)108-66-61(102-40(14)86)57(98-36(10)82)51(94-32(6)78)49(106-66)26-92-30(4)76/h16-20,46-63,65-66H,21-26H2,1-15H3,(H,69,71)(H,70,72)/b44-19-,45-20-/t46-,47-,48-,49-,50+,51+,52-,53-,54+,55+,56+,57+,58-,59-,60-,61-,62-,63-,65+,66+/m1/s1. The maximum absolute atomic E-state index is 13.3. The quantitative estimate of drug-likeness (QED) is 0.0907. The first-order chi connectivity index (χ1) is 51.8. The highest BCUT2D eigenvalue weighted by Crippen LogP contribution is 2.40. The number of nitrogens with one attached hydrogen (secondary N) is 2. The highest BCUT2D eigenvalue weighted by Gasteiger charge is 2.60. The average Bonchev–Trinajstić information content (AvgIpc) is 0.886. The smallest absolute Gasteiger partial charge is 0.337 e. The molecular formula is C68H84N4O36S2. The summed E-state index contributed by atoms with van der Waals surface area (Å²) in [7, 11) is 1.18. The summed E-state index contributed by atoms with van der Waals surface area (Å²) in [6.07, 6.45) is -30.4. The predicted octanol–water partition coefficient (Wildman–Crippen LogP) is 0.779. The summed E-state index contributed by atoms with van der Waals surface area (Å²) in [5.74, 6) is -13.6. The van der Waals surface area contributed by atoms with Gasteiger partial charge in [-0.05, 0) is 41.5 Å². The Morgan fingerprint density at radius 2 is 0.618 bits per heavy atom. The highest BCUT2D eigenvalue weighted by atomic mass is 32.2. The lowest BCUT2D eigenvalue weighted by Gasteiger charge is -2.49. The number of benzene rings is 1. The lowest BCUT2D eigenvalue weighted by Crippen LogP contribution is -2.68. The molecule has 7 rings (SSSR count). The second-order valence-electron chi connectivity index (χ2n) is 24.8. The van der Waals surface area contributed by atoms with Gasteiger partial charge in [-0.15, -0.1) is 0 Å².